The first-order valence-electron chi connectivity index (χ1n) is 9.51. The summed E-state index contributed by atoms with van der Waals surface area (Å²) in [6.45, 7) is 0.0748. The van der Waals surface area contributed by atoms with Crippen LogP contribution in [0.2, 0.25) is 0 Å². The van der Waals surface area contributed by atoms with E-state index >= 15 is 0 Å². The van der Waals surface area contributed by atoms with Crippen molar-refractivity contribution in [3.05, 3.63) is 65.7 Å². The fourth-order valence-electron chi connectivity index (χ4n) is 2.97. The molecule has 0 aromatic heterocycles. The Hall–Kier alpha value is -3.79. The molecule has 0 aliphatic carbocycles. The van der Waals surface area contributed by atoms with Gasteiger partial charge in [0.25, 0.3) is 0 Å². The maximum atomic E-state index is 11.8. The fraction of sp³-hybridized carbons (Fsp3) is 0.286. The molecule has 1 heterocycles. The highest BCUT2D eigenvalue weighted by atomic mass is 16.6. The van der Waals surface area contributed by atoms with Gasteiger partial charge in [0.2, 0.25) is 11.6 Å². The number of fused-ring (bicyclic) bond motifs is 1. The number of hydrogen-bond donors (Lipinski definition) is 5. The highest BCUT2D eigenvalue weighted by Gasteiger charge is 2.45. The molecule has 8 N–H and O–H groups in total. The molecule has 0 spiro atoms. The van der Waals surface area contributed by atoms with Gasteiger partial charge in [-0.3, -0.25) is 4.79 Å². The van der Waals surface area contributed by atoms with Gasteiger partial charge in [0.1, 0.15) is 18.4 Å². The number of benzene rings is 2. The number of nitrogens with zero attached hydrogens (tertiary/aromatic N) is 1. The second-order valence-corrected chi connectivity index (χ2v) is 6.79. The molecule has 0 saturated heterocycles. The summed E-state index contributed by atoms with van der Waals surface area (Å²) >= 11 is 0. The zero-order valence-corrected chi connectivity index (χ0v) is 16.8. The van der Waals surface area contributed by atoms with Crippen molar-refractivity contribution in [3.8, 4) is 5.75 Å². The monoisotopic (exact) mass is 430 g/mol. The van der Waals surface area contributed by atoms with E-state index < -0.39 is 23.6 Å². The number of aryl methyl sites for hydroxylation is 1. The normalized spacial score (nSPS) is 17.6. The highest BCUT2D eigenvalue weighted by Crippen LogP contribution is 2.39. The smallest absolute Gasteiger partial charge is 0.352 e. The van der Waals surface area contributed by atoms with Crippen LogP contribution in [-0.2, 0) is 26.4 Å². The van der Waals surface area contributed by atoms with Gasteiger partial charge < -0.3 is 37.0 Å². The topological polar surface area (TPSA) is 183 Å². The molecule has 2 atom stereocenters. The lowest BCUT2D eigenvalue weighted by Crippen LogP contribution is -2.44. The van der Waals surface area contributed by atoms with E-state index in [1.807, 2.05) is 54.6 Å². The van der Waals surface area contributed by atoms with Crippen LogP contribution < -0.4 is 21.9 Å². The zero-order valence-electron chi connectivity index (χ0n) is 16.8. The molecule has 0 bridgehead atoms. The molecule has 2 unspecified atom stereocenters. The number of ether oxygens (including phenoxy) is 1. The van der Waals surface area contributed by atoms with Crippen LogP contribution >= 0.6 is 0 Å². The van der Waals surface area contributed by atoms with Crippen LogP contribution in [0.4, 0.5) is 0 Å². The van der Waals surface area contributed by atoms with Crippen LogP contribution in [-0.4, -0.2) is 40.8 Å². The van der Waals surface area contributed by atoms with Crippen LogP contribution in [0.3, 0.4) is 0 Å². The molecule has 10 heteroatoms. The Morgan fingerprint density at radius 1 is 1.10 bits per heavy atom. The summed E-state index contributed by atoms with van der Waals surface area (Å²) in [6, 6.07) is 15.8. The highest BCUT2D eigenvalue weighted by molar-refractivity contribution is 5.80. The molecule has 0 radical (unpaired) electrons. The Morgan fingerprint density at radius 3 is 2.35 bits per heavy atom. The Bertz CT molecular complexity index is 917. The van der Waals surface area contributed by atoms with Crippen molar-refractivity contribution >= 4 is 17.9 Å². The van der Waals surface area contributed by atoms with E-state index in [9.17, 15) is 14.7 Å². The molecule has 31 heavy (non-hydrogen) atoms. The van der Waals surface area contributed by atoms with Crippen LogP contribution in [0.25, 0.3) is 0 Å². The van der Waals surface area contributed by atoms with E-state index in [0.717, 1.165) is 5.56 Å². The van der Waals surface area contributed by atoms with Crippen molar-refractivity contribution in [1.82, 2.24) is 0 Å². The Balaban J connectivity index is 0.000000248. The average molecular weight is 430 g/mol. The van der Waals surface area contributed by atoms with Crippen molar-refractivity contribution in [1.29, 1.82) is 0 Å². The molecule has 0 saturated carbocycles. The fourth-order valence-corrected chi connectivity index (χ4v) is 2.97. The number of aliphatic carboxylic acids is 2. The summed E-state index contributed by atoms with van der Waals surface area (Å²) in [5, 5.41) is 21.1. The van der Waals surface area contributed by atoms with E-state index in [4.69, 9.17) is 27.0 Å². The molecular formula is C21H26N4O6. The maximum Gasteiger partial charge on any atom is 0.352 e. The third kappa shape index (κ3) is 6.34. The van der Waals surface area contributed by atoms with E-state index in [-0.39, 0.29) is 19.0 Å². The van der Waals surface area contributed by atoms with Crippen LogP contribution in [0.15, 0.2) is 59.8 Å². The van der Waals surface area contributed by atoms with Gasteiger partial charge in [0.15, 0.2) is 0 Å². The second-order valence-electron chi connectivity index (χ2n) is 6.79. The first-order chi connectivity index (χ1) is 14.8. The van der Waals surface area contributed by atoms with Gasteiger partial charge in [-0.2, -0.15) is 0 Å². The molecule has 2 aromatic rings. The lowest BCUT2D eigenvalue weighted by molar-refractivity contribution is -0.158. The maximum absolute atomic E-state index is 11.8. The Kier molecular flexibility index (Phi) is 8.21. The van der Waals surface area contributed by atoms with Crippen molar-refractivity contribution in [2.75, 3.05) is 6.61 Å². The van der Waals surface area contributed by atoms with Crippen molar-refractivity contribution in [2.45, 2.75) is 30.9 Å². The van der Waals surface area contributed by atoms with E-state index in [1.165, 1.54) is 0 Å². The third-order valence-corrected chi connectivity index (χ3v) is 4.60. The zero-order chi connectivity index (χ0) is 22.9. The summed E-state index contributed by atoms with van der Waals surface area (Å²) in [6.07, 6.45) is 1.31. The SMILES string of the molecule is NC(N)=NOCCC(N)C(=O)O.O=C(O)C1(c2ccccc2)CCc2ccccc2O1. The van der Waals surface area contributed by atoms with Crippen LogP contribution in [0, 0.1) is 0 Å². The lowest BCUT2D eigenvalue weighted by Gasteiger charge is -2.35. The molecular weight excluding hydrogens is 404 g/mol. The van der Waals surface area contributed by atoms with Gasteiger partial charge in [-0.1, -0.05) is 48.5 Å². The Labute approximate surface area is 179 Å². The lowest BCUT2D eigenvalue weighted by atomic mass is 9.85. The van der Waals surface area contributed by atoms with Gasteiger partial charge in [0.05, 0.1) is 0 Å². The quantitative estimate of drug-likeness (QED) is 0.185. The van der Waals surface area contributed by atoms with E-state index in [1.54, 1.807) is 0 Å². The average Bonchev–Trinajstić information content (AvgIpc) is 2.76. The summed E-state index contributed by atoms with van der Waals surface area (Å²) in [5.41, 5.74) is 15.5. The molecule has 2 aromatic carbocycles. The van der Waals surface area contributed by atoms with Crippen molar-refractivity contribution in [3.63, 3.8) is 0 Å². The second kappa shape index (κ2) is 10.8. The predicted octanol–water partition coefficient (Wildman–Crippen LogP) is 0.985. The number of para-hydroxylation sites is 1. The first-order valence-corrected chi connectivity index (χ1v) is 9.51. The largest absolute Gasteiger partial charge is 0.480 e. The minimum absolute atomic E-state index is 0.0748. The number of hydrogen-bond acceptors (Lipinski definition) is 6. The van der Waals surface area contributed by atoms with Gasteiger partial charge >= 0.3 is 11.9 Å². The minimum Gasteiger partial charge on any atom is -0.480 e. The third-order valence-electron chi connectivity index (χ3n) is 4.60. The summed E-state index contributed by atoms with van der Waals surface area (Å²) in [4.78, 5) is 26.4. The van der Waals surface area contributed by atoms with Gasteiger partial charge in [-0.15, -0.1) is 0 Å². The number of oxime groups is 1. The van der Waals surface area contributed by atoms with Gasteiger partial charge in [-0.25, -0.2) is 4.79 Å². The molecule has 1 aliphatic heterocycles. The predicted molar refractivity (Wildman–Crippen MR) is 113 cm³/mol. The molecule has 0 fully saturated rings. The molecule has 3 rings (SSSR count). The van der Waals surface area contributed by atoms with E-state index in [0.29, 0.717) is 24.2 Å². The van der Waals surface area contributed by atoms with Gasteiger partial charge in [-0.05, 0) is 23.2 Å². The number of nitrogens with two attached hydrogens (primary N) is 3. The number of carboxylic acid groups (broad SMARTS) is 2. The molecule has 0 amide bonds. The first kappa shape index (κ1) is 23.5. The van der Waals surface area contributed by atoms with E-state index in [2.05, 4.69) is 9.99 Å². The molecule has 10 nitrogen and oxygen atoms in total. The molecule has 166 valence electrons. The van der Waals surface area contributed by atoms with Crippen molar-refractivity contribution in [2.24, 2.45) is 22.4 Å². The number of rotatable bonds is 7. The summed E-state index contributed by atoms with van der Waals surface area (Å²) in [7, 11) is 0. The van der Waals surface area contributed by atoms with Gasteiger partial charge in [0, 0.05) is 18.4 Å². The van der Waals surface area contributed by atoms with Crippen molar-refractivity contribution < 1.29 is 29.4 Å². The number of carboxylic acids is 2. The Morgan fingerprint density at radius 2 is 1.74 bits per heavy atom. The number of guanidine groups is 1. The minimum atomic E-state index is -1.27. The van der Waals surface area contributed by atoms with Crippen LogP contribution in [0.1, 0.15) is 24.0 Å². The molecule has 1 aliphatic rings. The summed E-state index contributed by atoms with van der Waals surface area (Å²) < 4.78 is 5.87. The van der Waals surface area contributed by atoms with Crippen LogP contribution in [0.5, 0.6) is 5.75 Å². The number of carbonyl (C=O) groups is 2. The summed E-state index contributed by atoms with van der Waals surface area (Å²) in [5.74, 6) is -1.56. The standard InChI is InChI=1S/C16H14O3.C5H12N4O3/c17-15(18)16(13-7-2-1-3-8-13)11-10-12-6-4-5-9-14(12)19-16;6-3(4(10)11)1-2-12-9-5(7)8/h1-9H,10-11H2,(H,17,18);3H,1-2,6H2,(H,10,11)(H4,7,8,9).